The predicted octanol–water partition coefficient (Wildman–Crippen LogP) is 4.60. The Morgan fingerprint density at radius 2 is 1.96 bits per heavy atom. The van der Waals surface area contributed by atoms with E-state index in [2.05, 4.69) is 26.2 Å². The van der Waals surface area contributed by atoms with Gasteiger partial charge in [-0.3, -0.25) is 9.36 Å². The molecule has 146 valence electrons. The van der Waals surface area contributed by atoms with E-state index >= 15 is 0 Å². The summed E-state index contributed by atoms with van der Waals surface area (Å²) in [6.07, 6.45) is 6.14. The van der Waals surface area contributed by atoms with Gasteiger partial charge >= 0.3 is 0 Å². The Morgan fingerprint density at radius 1 is 1.25 bits per heavy atom. The molecule has 6 nitrogen and oxygen atoms in total. The third-order valence-electron chi connectivity index (χ3n) is 5.44. The molecule has 0 saturated heterocycles. The van der Waals surface area contributed by atoms with Crippen LogP contribution in [0.1, 0.15) is 42.9 Å². The van der Waals surface area contributed by atoms with Crippen molar-refractivity contribution in [2.45, 2.75) is 45.2 Å². The van der Waals surface area contributed by atoms with Crippen LogP contribution in [0.3, 0.4) is 0 Å². The standard InChI is InChI=1S/C21H23BrN4O2/c1-13-17-12-24-21(23-11-14-7-9-16(28-2)10-8-14)25-19(17)26(20(27)18(13)22)15-5-3-4-6-15/h7-10,12,15H,3-6,11H2,1-2H3,(H,23,24,25). The molecule has 0 bridgehead atoms. The quantitative estimate of drug-likeness (QED) is 0.625. The molecule has 7 heteroatoms. The molecular formula is C21H23BrN4O2. The summed E-state index contributed by atoms with van der Waals surface area (Å²) < 4.78 is 7.66. The Balaban J connectivity index is 1.69. The van der Waals surface area contributed by atoms with Gasteiger partial charge < -0.3 is 10.1 Å². The van der Waals surface area contributed by atoms with Crippen molar-refractivity contribution in [3.05, 3.63) is 56.4 Å². The number of fused-ring (bicyclic) bond motifs is 1. The van der Waals surface area contributed by atoms with Crippen LogP contribution in [-0.4, -0.2) is 21.6 Å². The second-order valence-electron chi connectivity index (χ2n) is 7.18. The van der Waals surface area contributed by atoms with Crippen LogP contribution in [0.5, 0.6) is 5.75 Å². The van der Waals surface area contributed by atoms with Gasteiger partial charge in [0, 0.05) is 24.2 Å². The lowest BCUT2D eigenvalue weighted by Gasteiger charge is -2.18. The minimum atomic E-state index is -0.00305. The van der Waals surface area contributed by atoms with Crippen LogP contribution in [0, 0.1) is 6.92 Å². The highest BCUT2D eigenvalue weighted by Crippen LogP contribution is 2.32. The number of hydrogen-bond acceptors (Lipinski definition) is 5. The summed E-state index contributed by atoms with van der Waals surface area (Å²) in [7, 11) is 1.65. The number of aryl methyl sites for hydroxylation is 1. The predicted molar refractivity (Wildman–Crippen MR) is 114 cm³/mol. The second-order valence-corrected chi connectivity index (χ2v) is 7.98. The number of methoxy groups -OCH3 is 1. The first-order chi connectivity index (χ1) is 13.6. The van der Waals surface area contributed by atoms with Crippen molar-refractivity contribution in [1.29, 1.82) is 0 Å². The van der Waals surface area contributed by atoms with E-state index in [4.69, 9.17) is 9.72 Å². The fourth-order valence-electron chi connectivity index (χ4n) is 3.81. The number of nitrogens with one attached hydrogen (secondary N) is 1. The van der Waals surface area contributed by atoms with Crippen molar-refractivity contribution in [1.82, 2.24) is 14.5 Å². The molecule has 1 fully saturated rings. The lowest BCUT2D eigenvalue weighted by Crippen LogP contribution is -2.26. The minimum Gasteiger partial charge on any atom is -0.497 e. The Morgan fingerprint density at radius 3 is 2.64 bits per heavy atom. The number of aromatic nitrogens is 3. The van der Waals surface area contributed by atoms with E-state index in [-0.39, 0.29) is 11.6 Å². The number of anilines is 1. The van der Waals surface area contributed by atoms with Gasteiger partial charge in [-0.1, -0.05) is 25.0 Å². The van der Waals surface area contributed by atoms with Gasteiger partial charge in [0.25, 0.3) is 5.56 Å². The summed E-state index contributed by atoms with van der Waals surface area (Å²) in [5.41, 5.74) is 2.70. The zero-order chi connectivity index (χ0) is 19.7. The zero-order valence-corrected chi connectivity index (χ0v) is 17.6. The van der Waals surface area contributed by atoms with E-state index in [1.807, 2.05) is 42.0 Å². The van der Waals surface area contributed by atoms with Gasteiger partial charge in [-0.15, -0.1) is 0 Å². The number of benzene rings is 1. The van der Waals surface area contributed by atoms with Crippen LogP contribution >= 0.6 is 15.9 Å². The number of nitrogens with zero attached hydrogens (tertiary/aromatic N) is 3. The molecule has 0 radical (unpaired) electrons. The number of halogens is 1. The lowest BCUT2D eigenvalue weighted by atomic mass is 10.1. The number of rotatable bonds is 5. The number of ether oxygens (including phenoxy) is 1. The SMILES string of the molecule is COc1ccc(CNc2ncc3c(C)c(Br)c(=O)n(C4CCCC4)c3n2)cc1. The number of hydrogen-bond donors (Lipinski definition) is 1. The molecule has 28 heavy (non-hydrogen) atoms. The van der Waals surface area contributed by atoms with Crippen molar-refractivity contribution in [2.75, 3.05) is 12.4 Å². The second kappa shape index (κ2) is 7.91. The third kappa shape index (κ3) is 3.51. The molecule has 1 N–H and O–H groups in total. The van der Waals surface area contributed by atoms with E-state index in [9.17, 15) is 4.79 Å². The van der Waals surface area contributed by atoms with Crippen molar-refractivity contribution >= 4 is 32.9 Å². The summed E-state index contributed by atoms with van der Waals surface area (Å²) in [5.74, 6) is 1.35. The maximum Gasteiger partial charge on any atom is 0.267 e. The van der Waals surface area contributed by atoms with E-state index in [0.717, 1.165) is 47.9 Å². The van der Waals surface area contributed by atoms with Crippen LogP contribution in [0.2, 0.25) is 0 Å². The normalized spacial score (nSPS) is 14.5. The van der Waals surface area contributed by atoms with Gasteiger partial charge in [-0.25, -0.2) is 4.98 Å². The molecule has 0 atom stereocenters. The van der Waals surface area contributed by atoms with E-state index < -0.39 is 0 Å². The fraction of sp³-hybridized carbons (Fsp3) is 0.381. The molecule has 3 aromatic rings. The molecule has 4 rings (SSSR count). The highest BCUT2D eigenvalue weighted by molar-refractivity contribution is 9.10. The lowest BCUT2D eigenvalue weighted by molar-refractivity contribution is 0.414. The molecule has 0 spiro atoms. The molecule has 1 aliphatic carbocycles. The molecule has 2 aromatic heterocycles. The summed E-state index contributed by atoms with van der Waals surface area (Å²) in [6.45, 7) is 2.53. The van der Waals surface area contributed by atoms with Gasteiger partial charge in [-0.2, -0.15) is 4.98 Å². The van der Waals surface area contributed by atoms with Crippen LogP contribution in [0.25, 0.3) is 11.0 Å². The monoisotopic (exact) mass is 442 g/mol. The molecule has 1 aliphatic rings. The van der Waals surface area contributed by atoms with E-state index in [1.54, 1.807) is 7.11 Å². The summed E-state index contributed by atoms with van der Waals surface area (Å²) in [5, 5.41) is 4.18. The summed E-state index contributed by atoms with van der Waals surface area (Å²) in [4.78, 5) is 22.2. The van der Waals surface area contributed by atoms with E-state index in [1.165, 1.54) is 0 Å². The third-order valence-corrected chi connectivity index (χ3v) is 6.37. The summed E-state index contributed by atoms with van der Waals surface area (Å²) >= 11 is 3.47. The van der Waals surface area contributed by atoms with Crippen molar-refractivity contribution in [3.8, 4) is 5.75 Å². The topological polar surface area (TPSA) is 69.0 Å². The maximum absolute atomic E-state index is 13.0. The molecule has 2 heterocycles. The molecule has 1 aromatic carbocycles. The van der Waals surface area contributed by atoms with Crippen molar-refractivity contribution in [2.24, 2.45) is 0 Å². The fourth-order valence-corrected chi connectivity index (χ4v) is 4.22. The van der Waals surface area contributed by atoms with Crippen LogP contribution in [0.4, 0.5) is 5.95 Å². The number of pyridine rings is 1. The molecule has 0 aliphatic heterocycles. The van der Waals surface area contributed by atoms with Crippen molar-refractivity contribution in [3.63, 3.8) is 0 Å². The highest BCUT2D eigenvalue weighted by Gasteiger charge is 2.23. The van der Waals surface area contributed by atoms with Crippen LogP contribution in [-0.2, 0) is 6.54 Å². The Bertz CT molecular complexity index is 1060. The Labute approximate surface area is 172 Å². The molecular weight excluding hydrogens is 420 g/mol. The van der Waals surface area contributed by atoms with Gasteiger partial charge in [0.05, 0.1) is 11.6 Å². The first kappa shape index (κ1) is 18.9. The van der Waals surface area contributed by atoms with Gasteiger partial charge in [0.1, 0.15) is 11.4 Å². The molecule has 0 unspecified atom stereocenters. The Kier molecular flexibility index (Phi) is 5.35. The summed E-state index contributed by atoms with van der Waals surface area (Å²) in [6, 6.07) is 8.06. The average Bonchev–Trinajstić information content (AvgIpc) is 3.25. The van der Waals surface area contributed by atoms with Gasteiger partial charge in [-0.05, 0) is 59.0 Å². The first-order valence-electron chi connectivity index (χ1n) is 9.52. The largest absolute Gasteiger partial charge is 0.497 e. The van der Waals surface area contributed by atoms with E-state index in [0.29, 0.717) is 22.6 Å². The average molecular weight is 443 g/mol. The first-order valence-corrected chi connectivity index (χ1v) is 10.3. The molecule has 1 saturated carbocycles. The van der Waals surface area contributed by atoms with Crippen LogP contribution in [0.15, 0.2) is 39.7 Å². The highest BCUT2D eigenvalue weighted by atomic mass is 79.9. The Hall–Kier alpha value is -2.41. The van der Waals surface area contributed by atoms with Gasteiger partial charge in [0.15, 0.2) is 0 Å². The van der Waals surface area contributed by atoms with Crippen molar-refractivity contribution < 1.29 is 4.74 Å². The zero-order valence-electron chi connectivity index (χ0n) is 16.0. The molecule has 0 amide bonds. The van der Waals surface area contributed by atoms with Gasteiger partial charge in [0.2, 0.25) is 5.95 Å². The maximum atomic E-state index is 13.0. The smallest absolute Gasteiger partial charge is 0.267 e. The minimum absolute atomic E-state index is 0.00305. The van der Waals surface area contributed by atoms with Crippen LogP contribution < -0.4 is 15.6 Å².